The second-order valence-corrected chi connectivity index (χ2v) is 4.65. The number of hydrogen-bond acceptors (Lipinski definition) is 3. The number of amides is 1. The molecule has 102 valence electrons. The topological polar surface area (TPSA) is 70.7 Å². The molecule has 2 rings (SSSR count). The quantitative estimate of drug-likeness (QED) is 0.923. The lowest BCUT2D eigenvalue weighted by molar-refractivity contribution is -0.116. The molecular weight excluding hydrogens is 252 g/mol. The number of aryl methyl sites for hydroxylation is 3. The van der Waals surface area contributed by atoms with Crippen LogP contribution in [0.2, 0.25) is 0 Å². The highest BCUT2D eigenvalue weighted by atomic mass is 16.1. The molecule has 0 aliphatic rings. The predicted octanol–water partition coefficient (Wildman–Crippen LogP) is 2.17. The smallest absolute Gasteiger partial charge is 0.225 e. The molecule has 0 atom stereocenters. The molecule has 1 aromatic carbocycles. The van der Waals surface area contributed by atoms with Crippen LogP contribution in [0, 0.1) is 18.3 Å². The van der Waals surface area contributed by atoms with Crippen molar-refractivity contribution in [1.82, 2.24) is 9.78 Å². The summed E-state index contributed by atoms with van der Waals surface area (Å²) in [5.41, 5.74) is 2.54. The minimum Gasteiger partial charge on any atom is -0.311 e. The first-order valence-electron chi connectivity index (χ1n) is 6.38. The van der Waals surface area contributed by atoms with Crippen LogP contribution in [0.4, 0.5) is 5.82 Å². The fourth-order valence-corrected chi connectivity index (χ4v) is 1.94. The van der Waals surface area contributed by atoms with Crippen molar-refractivity contribution in [2.24, 2.45) is 7.05 Å². The lowest BCUT2D eigenvalue weighted by Crippen LogP contribution is -2.14. The molecule has 1 aromatic heterocycles. The Kier molecular flexibility index (Phi) is 4.16. The van der Waals surface area contributed by atoms with E-state index in [9.17, 15) is 4.79 Å². The second kappa shape index (κ2) is 6.02. The van der Waals surface area contributed by atoms with E-state index in [-0.39, 0.29) is 5.91 Å². The van der Waals surface area contributed by atoms with Crippen molar-refractivity contribution in [3.8, 4) is 6.07 Å². The molecule has 0 aliphatic heterocycles. The highest BCUT2D eigenvalue weighted by molar-refractivity contribution is 5.90. The van der Waals surface area contributed by atoms with Gasteiger partial charge >= 0.3 is 0 Å². The molecule has 0 saturated carbocycles. The van der Waals surface area contributed by atoms with Gasteiger partial charge in [0.25, 0.3) is 0 Å². The summed E-state index contributed by atoms with van der Waals surface area (Å²) < 4.78 is 1.65. The van der Waals surface area contributed by atoms with Gasteiger partial charge in [0.05, 0.1) is 17.3 Å². The maximum Gasteiger partial charge on any atom is 0.225 e. The number of carbonyl (C=O) groups is 1. The van der Waals surface area contributed by atoms with Gasteiger partial charge in [-0.1, -0.05) is 12.1 Å². The molecule has 1 amide bonds. The van der Waals surface area contributed by atoms with Crippen LogP contribution in [0.15, 0.2) is 30.3 Å². The van der Waals surface area contributed by atoms with Crippen LogP contribution in [0.1, 0.15) is 23.2 Å². The minimum absolute atomic E-state index is 0.0441. The third kappa shape index (κ3) is 3.45. The van der Waals surface area contributed by atoms with E-state index in [4.69, 9.17) is 5.26 Å². The first-order chi connectivity index (χ1) is 9.58. The molecule has 0 bridgehead atoms. The summed E-state index contributed by atoms with van der Waals surface area (Å²) in [6, 6.07) is 11.2. The maximum atomic E-state index is 11.9. The molecule has 1 N–H and O–H groups in total. The normalized spacial score (nSPS) is 10.1. The lowest BCUT2D eigenvalue weighted by Gasteiger charge is -2.05. The molecular formula is C15H16N4O. The second-order valence-electron chi connectivity index (χ2n) is 4.65. The average molecular weight is 268 g/mol. The Hall–Kier alpha value is -2.61. The first-order valence-corrected chi connectivity index (χ1v) is 6.38. The van der Waals surface area contributed by atoms with Gasteiger partial charge in [0.1, 0.15) is 5.82 Å². The first kappa shape index (κ1) is 13.8. The van der Waals surface area contributed by atoms with Crippen LogP contribution in [-0.4, -0.2) is 15.7 Å². The van der Waals surface area contributed by atoms with Crippen molar-refractivity contribution in [1.29, 1.82) is 5.26 Å². The van der Waals surface area contributed by atoms with Crippen LogP contribution in [0.5, 0.6) is 0 Å². The Morgan fingerprint density at radius 2 is 2.10 bits per heavy atom. The third-order valence-electron chi connectivity index (χ3n) is 2.99. The van der Waals surface area contributed by atoms with Crippen LogP contribution >= 0.6 is 0 Å². The number of hydrogen-bond donors (Lipinski definition) is 1. The Bertz CT molecular complexity index is 650. The molecule has 20 heavy (non-hydrogen) atoms. The number of nitriles is 1. The van der Waals surface area contributed by atoms with Crippen molar-refractivity contribution in [2.45, 2.75) is 19.8 Å². The Labute approximate surface area is 117 Å². The Morgan fingerprint density at radius 1 is 1.40 bits per heavy atom. The van der Waals surface area contributed by atoms with E-state index in [1.807, 2.05) is 25.1 Å². The number of nitrogens with zero attached hydrogens (tertiary/aromatic N) is 3. The summed E-state index contributed by atoms with van der Waals surface area (Å²) in [6.45, 7) is 1.88. The molecule has 0 aliphatic carbocycles. The highest BCUT2D eigenvalue weighted by Gasteiger charge is 2.07. The van der Waals surface area contributed by atoms with Gasteiger partial charge in [-0.2, -0.15) is 10.4 Å². The summed E-state index contributed by atoms with van der Waals surface area (Å²) in [7, 11) is 1.79. The zero-order valence-corrected chi connectivity index (χ0v) is 11.6. The molecule has 1 heterocycles. The predicted molar refractivity (Wildman–Crippen MR) is 76.1 cm³/mol. The van der Waals surface area contributed by atoms with Crippen LogP contribution in [-0.2, 0) is 18.3 Å². The van der Waals surface area contributed by atoms with Crippen molar-refractivity contribution in [3.63, 3.8) is 0 Å². The SMILES string of the molecule is Cc1cc(NC(=O)CCc2ccc(C#N)cc2)n(C)n1. The van der Waals surface area contributed by atoms with E-state index >= 15 is 0 Å². The van der Waals surface area contributed by atoms with Gasteiger partial charge in [0, 0.05) is 19.5 Å². The molecule has 0 spiro atoms. The van der Waals surface area contributed by atoms with Gasteiger partial charge in [0.2, 0.25) is 5.91 Å². The van der Waals surface area contributed by atoms with Gasteiger partial charge < -0.3 is 5.32 Å². The van der Waals surface area contributed by atoms with E-state index in [2.05, 4.69) is 16.5 Å². The maximum absolute atomic E-state index is 11.9. The molecule has 5 heteroatoms. The minimum atomic E-state index is -0.0441. The standard InChI is InChI=1S/C15H16N4O/c1-11-9-14(19(2)18-11)17-15(20)8-7-12-3-5-13(10-16)6-4-12/h3-6,9H,7-8H2,1-2H3,(H,17,20). The van der Waals surface area contributed by atoms with Crippen LogP contribution < -0.4 is 5.32 Å². The fourth-order valence-electron chi connectivity index (χ4n) is 1.94. The molecule has 2 aromatic rings. The van der Waals surface area contributed by atoms with E-state index in [0.29, 0.717) is 24.2 Å². The van der Waals surface area contributed by atoms with Gasteiger partial charge in [-0.15, -0.1) is 0 Å². The summed E-state index contributed by atoms with van der Waals surface area (Å²) >= 11 is 0. The van der Waals surface area contributed by atoms with Gasteiger partial charge in [-0.05, 0) is 31.0 Å². The van der Waals surface area contributed by atoms with Crippen molar-refractivity contribution in [3.05, 3.63) is 47.2 Å². The molecule has 5 nitrogen and oxygen atoms in total. The van der Waals surface area contributed by atoms with E-state index in [1.54, 1.807) is 23.9 Å². The number of benzene rings is 1. The van der Waals surface area contributed by atoms with Crippen molar-refractivity contribution < 1.29 is 4.79 Å². The van der Waals surface area contributed by atoms with E-state index < -0.39 is 0 Å². The van der Waals surface area contributed by atoms with Gasteiger partial charge in [-0.25, -0.2) is 0 Å². The van der Waals surface area contributed by atoms with E-state index in [1.165, 1.54) is 0 Å². The van der Waals surface area contributed by atoms with Gasteiger partial charge in [0.15, 0.2) is 0 Å². The van der Waals surface area contributed by atoms with Gasteiger partial charge in [-0.3, -0.25) is 9.48 Å². The fraction of sp³-hybridized carbons (Fsp3) is 0.267. The number of aromatic nitrogens is 2. The number of nitrogens with one attached hydrogen (secondary N) is 1. The number of anilines is 1. The zero-order chi connectivity index (χ0) is 14.5. The zero-order valence-electron chi connectivity index (χ0n) is 11.6. The molecule has 0 radical (unpaired) electrons. The monoisotopic (exact) mass is 268 g/mol. The number of rotatable bonds is 4. The highest BCUT2D eigenvalue weighted by Crippen LogP contribution is 2.10. The summed E-state index contributed by atoms with van der Waals surface area (Å²) in [5, 5.41) is 15.7. The number of carbonyl (C=O) groups excluding carboxylic acids is 1. The molecule has 0 unspecified atom stereocenters. The molecule has 0 fully saturated rings. The molecule has 0 saturated heterocycles. The summed E-state index contributed by atoms with van der Waals surface area (Å²) in [4.78, 5) is 11.9. The van der Waals surface area contributed by atoms with Crippen LogP contribution in [0.25, 0.3) is 0 Å². The Morgan fingerprint density at radius 3 is 2.65 bits per heavy atom. The largest absolute Gasteiger partial charge is 0.311 e. The van der Waals surface area contributed by atoms with Crippen LogP contribution in [0.3, 0.4) is 0 Å². The summed E-state index contributed by atoms with van der Waals surface area (Å²) in [5.74, 6) is 0.657. The van der Waals surface area contributed by atoms with E-state index in [0.717, 1.165) is 11.3 Å². The third-order valence-corrected chi connectivity index (χ3v) is 2.99. The van der Waals surface area contributed by atoms with Crippen molar-refractivity contribution >= 4 is 11.7 Å². The lowest BCUT2D eigenvalue weighted by atomic mass is 10.1. The summed E-state index contributed by atoms with van der Waals surface area (Å²) in [6.07, 6.45) is 1.05. The Balaban J connectivity index is 1.89. The van der Waals surface area contributed by atoms with Crippen molar-refractivity contribution in [2.75, 3.05) is 5.32 Å². The average Bonchev–Trinajstić information content (AvgIpc) is 2.75.